The fraction of sp³-hybridized carbons (Fsp3) is 0.556. The lowest BCUT2D eigenvalue weighted by atomic mass is 10.1. The zero-order chi connectivity index (χ0) is 19.4. The molecule has 1 aromatic carbocycles. The van der Waals surface area contributed by atoms with Crippen LogP contribution in [0.3, 0.4) is 0 Å². The number of likely N-dealkylation sites (tertiary alicyclic amines) is 1. The summed E-state index contributed by atoms with van der Waals surface area (Å²) in [6.45, 7) is 0.738. The third-order valence-electron chi connectivity index (χ3n) is 4.64. The van der Waals surface area contributed by atoms with E-state index in [4.69, 9.17) is 9.57 Å². The number of nitrogens with zero attached hydrogens (tertiary/aromatic N) is 1. The van der Waals surface area contributed by atoms with Crippen molar-refractivity contribution in [1.29, 1.82) is 0 Å². The minimum Gasteiger partial charge on any atom is -0.350 e. The molecule has 0 aromatic heterocycles. The van der Waals surface area contributed by atoms with Crippen molar-refractivity contribution in [1.82, 2.24) is 10.4 Å². The highest BCUT2D eigenvalue weighted by molar-refractivity contribution is 5.88. The number of amides is 2. The smallest absolute Gasteiger partial charge is 0.350 e. The molecule has 2 heterocycles. The lowest BCUT2D eigenvalue weighted by molar-refractivity contribution is -0.202. The molecule has 0 bridgehead atoms. The molecule has 27 heavy (non-hydrogen) atoms. The predicted octanol–water partition coefficient (Wildman–Crippen LogP) is 2.63. The summed E-state index contributed by atoms with van der Waals surface area (Å²) < 4.78 is 43.8. The molecule has 2 atom stereocenters. The van der Waals surface area contributed by atoms with Gasteiger partial charge in [-0.2, -0.15) is 13.2 Å². The van der Waals surface area contributed by atoms with Gasteiger partial charge >= 0.3 is 6.18 Å². The van der Waals surface area contributed by atoms with Crippen LogP contribution in [0.25, 0.3) is 0 Å². The lowest BCUT2D eigenvalue weighted by Gasteiger charge is -2.23. The fourth-order valence-electron chi connectivity index (χ4n) is 3.18. The lowest BCUT2D eigenvalue weighted by Crippen LogP contribution is -2.37. The van der Waals surface area contributed by atoms with Gasteiger partial charge in [0.25, 0.3) is 0 Å². The summed E-state index contributed by atoms with van der Waals surface area (Å²) in [7, 11) is 0. The van der Waals surface area contributed by atoms with E-state index < -0.39 is 29.9 Å². The number of alkyl halides is 3. The molecule has 3 rings (SSSR count). The van der Waals surface area contributed by atoms with E-state index in [0.717, 1.165) is 25.0 Å². The molecule has 2 saturated heterocycles. The van der Waals surface area contributed by atoms with Crippen LogP contribution >= 0.6 is 0 Å². The van der Waals surface area contributed by atoms with Crippen LogP contribution in [0.1, 0.15) is 36.8 Å². The maximum absolute atomic E-state index is 12.8. The van der Waals surface area contributed by atoms with E-state index in [0.29, 0.717) is 18.6 Å². The number of ether oxygens (including phenoxy) is 1. The Hall–Kier alpha value is -2.13. The summed E-state index contributed by atoms with van der Waals surface area (Å²) in [5.41, 5.74) is 1.94. The molecule has 2 amide bonds. The van der Waals surface area contributed by atoms with Crippen molar-refractivity contribution < 1.29 is 32.3 Å². The summed E-state index contributed by atoms with van der Waals surface area (Å²) >= 11 is 0. The van der Waals surface area contributed by atoms with E-state index in [1.165, 1.54) is 17.0 Å². The van der Waals surface area contributed by atoms with E-state index in [-0.39, 0.29) is 25.4 Å². The second-order valence-corrected chi connectivity index (χ2v) is 6.75. The number of hydroxylamine groups is 1. The molecule has 9 heteroatoms. The number of carbonyl (C=O) groups excluding carboxylic acids is 2. The molecular weight excluding hydrogens is 365 g/mol. The SMILES string of the molecule is O=C(NO[C@H]1CCCCO1)[C@@H]1CC(=O)N(Cc2cccc(C(F)(F)F)c2)C1. The third-order valence-corrected chi connectivity index (χ3v) is 4.64. The van der Waals surface area contributed by atoms with E-state index >= 15 is 0 Å². The van der Waals surface area contributed by atoms with Gasteiger partial charge < -0.3 is 9.64 Å². The molecule has 0 aliphatic carbocycles. The van der Waals surface area contributed by atoms with Crippen molar-refractivity contribution in [3.8, 4) is 0 Å². The van der Waals surface area contributed by atoms with Gasteiger partial charge in [0.2, 0.25) is 11.8 Å². The second-order valence-electron chi connectivity index (χ2n) is 6.75. The Morgan fingerprint density at radius 3 is 2.85 bits per heavy atom. The van der Waals surface area contributed by atoms with Gasteiger partial charge in [-0.25, -0.2) is 10.3 Å². The molecule has 0 spiro atoms. The van der Waals surface area contributed by atoms with Crippen LogP contribution in [-0.4, -0.2) is 36.2 Å². The largest absolute Gasteiger partial charge is 0.416 e. The van der Waals surface area contributed by atoms with Crippen LogP contribution in [0.2, 0.25) is 0 Å². The van der Waals surface area contributed by atoms with Crippen LogP contribution in [0.5, 0.6) is 0 Å². The van der Waals surface area contributed by atoms with E-state index in [2.05, 4.69) is 5.48 Å². The van der Waals surface area contributed by atoms with Crippen LogP contribution in [0.4, 0.5) is 13.2 Å². The fourth-order valence-corrected chi connectivity index (χ4v) is 3.18. The highest BCUT2D eigenvalue weighted by atomic mass is 19.4. The minimum absolute atomic E-state index is 0.000319. The molecule has 1 aromatic rings. The first-order chi connectivity index (χ1) is 12.8. The maximum atomic E-state index is 12.8. The predicted molar refractivity (Wildman–Crippen MR) is 87.8 cm³/mol. The van der Waals surface area contributed by atoms with Crippen molar-refractivity contribution in [2.45, 2.75) is 44.7 Å². The van der Waals surface area contributed by atoms with Crippen molar-refractivity contribution in [3.63, 3.8) is 0 Å². The number of benzene rings is 1. The van der Waals surface area contributed by atoms with Gasteiger partial charge in [-0.05, 0) is 30.5 Å². The van der Waals surface area contributed by atoms with Gasteiger partial charge in [-0.1, -0.05) is 12.1 Å². The average Bonchev–Trinajstić information content (AvgIpc) is 3.01. The van der Waals surface area contributed by atoms with Crippen LogP contribution in [0.15, 0.2) is 24.3 Å². The standard InChI is InChI=1S/C18H21F3N2O4/c19-18(20,21)14-5-3-4-12(8-14)10-23-11-13(9-15(23)24)17(25)22-27-16-6-1-2-7-26-16/h3-5,8,13,16H,1-2,6-7,9-11H2,(H,22,25)/t13-,16+/m1/s1. The highest BCUT2D eigenvalue weighted by Gasteiger charge is 2.35. The second kappa shape index (κ2) is 8.26. The average molecular weight is 386 g/mol. The molecule has 0 unspecified atom stereocenters. The molecular formula is C18H21F3N2O4. The van der Waals surface area contributed by atoms with Crippen LogP contribution in [0, 0.1) is 5.92 Å². The molecule has 0 saturated carbocycles. The number of hydrogen-bond acceptors (Lipinski definition) is 4. The van der Waals surface area contributed by atoms with Gasteiger partial charge in [0, 0.05) is 32.5 Å². The molecule has 0 radical (unpaired) electrons. The molecule has 1 N–H and O–H groups in total. The van der Waals surface area contributed by atoms with Gasteiger partial charge in [-0.15, -0.1) is 0 Å². The summed E-state index contributed by atoms with van der Waals surface area (Å²) in [5.74, 6) is -1.31. The van der Waals surface area contributed by atoms with Gasteiger partial charge in [-0.3, -0.25) is 9.59 Å². The Morgan fingerprint density at radius 2 is 2.15 bits per heavy atom. The van der Waals surface area contributed by atoms with Gasteiger partial charge in [0.1, 0.15) is 0 Å². The summed E-state index contributed by atoms with van der Waals surface area (Å²) in [4.78, 5) is 30.9. The quantitative estimate of drug-likeness (QED) is 0.790. The zero-order valence-electron chi connectivity index (χ0n) is 14.6. The summed E-state index contributed by atoms with van der Waals surface area (Å²) in [6, 6.07) is 4.83. The number of rotatable bonds is 5. The number of nitrogens with one attached hydrogen (secondary N) is 1. The van der Waals surface area contributed by atoms with E-state index in [1.807, 2.05) is 0 Å². The normalized spacial score (nSPS) is 23.5. The van der Waals surface area contributed by atoms with E-state index in [9.17, 15) is 22.8 Å². The maximum Gasteiger partial charge on any atom is 0.416 e. The van der Waals surface area contributed by atoms with Crippen LogP contribution < -0.4 is 5.48 Å². The Labute approximate surface area is 154 Å². The summed E-state index contributed by atoms with van der Waals surface area (Å²) in [6.07, 6.45) is -2.33. The molecule has 148 valence electrons. The Balaban J connectivity index is 1.53. The first-order valence-electron chi connectivity index (χ1n) is 8.84. The number of halogens is 3. The van der Waals surface area contributed by atoms with Gasteiger partial charge in [0.15, 0.2) is 6.29 Å². The van der Waals surface area contributed by atoms with Gasteiger partial charge in [0.05, 0.1) is 11.5 Å². The molecule has 2 aliphatic heterocycles. The molecule has 6 nitrogen and oxygen atoms in total. The monoisotopic (exact) mass is 386 g/mol. The molecule has 2 fully saturated rings. The third kappa shape index (κ3) is 5.20. The topological polar surface area (TPSA) is 67.9 Å². The van der Waals surface area contributed by atoms with Crippen molar-refractivity contribution in [3.05, 3.63) is 35.4 Å². The van der Waals surface area contributed by atoms with Crippen molar-refractivity contribution in [2.75, 3.05) is 13.2 Å². The Morgan fingerprint density at radius 1 is 1.33 bits per heavy atom. The van der Waals surface area contributed by atoms with Crippen molar-refractivity contribution in [2.24, 2.45) is 5.92 Å². The Kier molecular flexibility index (Phi) is 6.01. The zero-order valence-corrected chi connectivity index (χ0v) is 14.6. The van der Waals surface area contributed by atoms with E-state index in [1.54, 1.807) is 0 Å². The number of carbonyl (C=O) groups is 2. The van der Waals surface area contributed by atoms with Crippen LogP contribution in [-0.2, 0) is 31.9 Å². The number of hydrogen-bond donors (Lipinski definition) is 1. The highest BCUT2D eigenvalue weighted by Crippen LogP contribution is 2.30. The van der Waals surface area contributed by atoms with Crippen molar-refractivity contribution >= 4 is 11.8 Å². The summed E-state index contributed by atoms with van der Waals surface area (Å²) in [5, 5.41) is 0. The first kappa shape index (κ1) is 19.6. The first-order valence-corrected chi connectivity index (χ1v) is 8.84. The molecule has 2 aliphatic rings. The minimum atomic E-state index is -4.44. The Bertz CT molecular complexity index is 689.